The van der Waals surface area contributed by atoms with Gasteiger partial charge in [0.15, 0.2) is 5.78 Å². The lowest BCUT2D eigenvalue weighted by atomic mass is 10.0. The highest BCUT2D eigenvalue weighted by atomic mass is 16.6. The Bertz CT molecular complexity index is 554. The van der Waals surface area contributed by atoms with Crippen LogP contribution in [0.1, 0.15) is 50.5 Å². The molecule has 0 aliphatic carbocycles. The highest BCUT2D eigenvalue weighted by Gasteiger charge is 2.26. The number of piperidine rings is 1. The van der Waals surface area contributed by atoms with Gasteiger partial charge < -0.3 is 10.1 Å². The molecule has 2 rings (SSSR count). The fraction of sp³-hybridized carbons (Fsp3) is 0.611. The Kier molecular flexibility index (Phi) is 6.31. The number of hydrogen-bond donors (Lipinski definition) is 1. The summed E-state index contributed by atoms with van der Waals surface area (Å²) >= 11 is 0. The molecule has 6 heteroatoms. The molecule has 1 amide bonds. The highest BCUT2D eigenvalue weighted by Crippen LogP contribution is 2.17. The molecule has 2 heterocycles. The van der Waals surface area contributed by atoms with Crippen LogP contribution in [0.2, 0.25) is 0 Å². The minimum Gasteiger partial charge on any atom is -0.444 e. The van der Waals surface area contributed by atoms with Gasteiger partial charge in [-0.25, -0.2) is 4.79 Å². The standard InChI is InChI=1S/C18H27N3O3/c1-18(2,3)24-17(23)20-12-14-8-5-7-11-21(14)13-16(22)15-9-4-6-10-19-15/h4,6,9-10,14H,5,7-8,11-13H2,1-3H3,(H,20,23)/t14-/m1/s1. The maximum absolute atomic E-state index is 12.4. The van der Waals surface area contributed by atoms with Crippen LogP contribution in [-0.4, -0.2) is 53.0 Å². The molecular weight excluding hydrogens is 306 g/mol. The molecule has 0 unspecified atom stereocenters. The first kappa shape index (κ1) is 18.4. The molecule has 1 N–H and O–H groups in total. The third-order valence-corrected chi connectivity index (χ3v) is 3.93. The normalized spacial score (nSPS) is 18.9. The Balaban J connectivity index is 1.88. The van der Waals surface area contributed by atoms with Gasteiger partial charge in [-0.2, -0.15) is 0 Å². The van der Waals surface area contributed by atoms with Gasteiger partial charge in [0.1, 0.15) is 11.3 Å². The van der Waals surface area contributed by atoms with Crippen molar-refractivity contribution in [1.29, 1.82) is 0 Å². The Morgan fingerprint density at radius 2 is 2.12 bits per heavy atom. The van der Waals surface area contributed by atoms with E-state index in [-0.39, 0.29) is 11.8 Å². The van der Waals surface area contributed by atoms with Gasteiger partial charge >= 0.3 is 6.09 Å². The third-order valence-electron chi connectivity index (χ3n) is 3.93. The van der Waals surface area contributed by atoms with Gasteiger partial charge in [-0.1, -0.05) is 12.5 Å². The van der Waals surface area contributed by atoms with Crippen molar-refractivity contribution in [2.45, 2.75) is 51.7 Å². The molecule has 0 saturated carbocycles. The molecule has 132 valence electrons. The molecule has 1 atom stereocenters. The van der Waals surface area contributed by atoms with Gasteiger partial charge in [-0.3, -0.25) is 14.7 Å². The van der Waals surface area contributed by atoms with Crippen molar-refractivity contribution >= 4 is 11.9 Å². The van der Waals surface area contributed by atoms with Gasteiger partial charge in [0.25, 0.3) is 0 Å². The zero-order valence-corrected chi connectivity index (χ0v) is 14.7. The number of aromatic nitrogens is 1. The fourth-order valence-corrected chi connectivity index (χ4v) is 2.81. The topological polar surface area (TPSA) is 71.5 Å². The summed E-state index contributed by atoms with van der Waals surface area (Å²) in [5, 5.41) is 2.82. The van der Waals surface area contributed by atoms with Crippen molar-refractivity contribution in [3.63, 3.8) is 0 Å². The number of ketones is 1. The van der Waals surface area contributed by atoms with E-state index in [1.165, 1.54) is 0 Å². The van der Waals surface area contributed by atoms with Crippen LogP contribution in [0.4, 0.5) is 4.79 Å². The first-order valence-corrected chi connectivity index (χ1v) is 8.50. The number of nitrogens with one attached hydrogen (secondary N) is 1. The lowest BCUT2D eigenvalue weighted by Gasteiger charge is -2.35. The van der Waals surface area contributed by atoms with Crippen molar-refractivity contribution in [2.24, 2.45) is 0 Å². The Hall–Kier alpha value is -1.95. The van der Waals surface area contributed by atoms with Crippen molar-refractivity contribution < 1.29 is 14.3 Å². The number of alkyl carbamates (subject to hydrolysis) is 1. The average molecular weight is 333 g/mol. The Morgan fingerprint density at radius 1 is 1.33 bits per heavy atom. The number of Topliss-reactive ketones (excluding diaryl/α,β-unsaturated/α-hetero) is 1. The van der Waals surface area contributed by atoms with Crippen molar-refractivity contribution in [3.05, 3.63) is 30.1 Å². The SMILES string of the molecule is CC(C)(C)OC(=O)NC[C@H]1CCCCN1CC(=O)c1ccccn1. The second-order valence-electron chi connectivity index (χ2n) is 7.14. The predicted molar refractivity (Wildman–Crippen MR) is 92.0 cm³/mol. The molecule has 1 fully saturated rings. The van der Waals surface area contributed by atoms with Crippen LogP contribution in [0.3, 0.4) is 0 Å². The van der Waals surface area contributed by atoms with Crippen molar-refractivity contribution in [3.8, 4) is 0 Å². The molecule has 6 nitrogen and oxygen atoms in total. The van der Waals surface area contributed by atoms with Gasteiger partial charge in [0.2, 0.25) is 0 Å². The summed E-state index contributed by atoms with van der Waals surface area (Å²) in [4.78, 5) is 30.4. The molecular formula is C18H27N3O3. The van der Waals surface area contributed by atoms with Crippen LogP contribution in [-0.2, 0) is 4.74 Å². The second kappa shape index (κ2) is 8.24. The number of carbonyl (C=O) groups is 2. The van der Waals surface area contributed by atoms with E-state index >= 15 is 0 Å². The van der Waals surface area contributed by atoms with Crippen LogP contribution in [0.25, 0.3) is 0 Å². The number of ether oxygens (including phenoxy) is 1. The second-order valence-corrected chi connectivity index (χ2v) is 7.14. The summed E-state index contributed by atoms with van der Waals surface area (Å²) in [5.74, 6) is 0.0137. The van der Waals surface area contributed by atoms with Crippen LogP contribution in [0.15, 0.2) is 24.4 Å². The molecule has 1 saturated heterocycles. The number of amides is 1. The zero-order valence-electron chi connectivity index (χ0n) is 14.7. The van der Waals surface area contributed by atoms with Gasteiger partial charge in [0.05, 0.1) is 6.54 Å². The molecule has 24 heavy (non-hydrogen) atoms. The smallest absolute Gasteiger partial charge is 0.407 e. The molecule has 0 radical (unpaired) electrons. The van der Waals surface area contributed by atoms with Crippen LogP contribution in [0.5, 0.6) is 0 Å². The maximum Gasteiger partial charge on any atom is 0.407 e. The van der Waals surface area contributed by atoms with Crippen LogP contribution < -0.4 is 5.32 Å². The summed E-state index contributed by atoms with van der Waals surface area (Å²) in [5.41, 5.74) is -0.0208. The molecule has 1 aliphatic rings. The minimum absolute atomic E-state index is 0.0137. The van der Waals surface area contributed by atoms with E-state index in [9.17, 15) is 9.59 Å². The van der Waals surface area contributed by atoms with E-state index in [1.807, 2.05) is 26.8 Å². The molecule has 0 spiro atoms. The summed E-state index contributed by atoms with van der Waals surface area (Å²) < 4.78 is 5.27. The lowest BCUT2D eigenvalue weighted by Crippen LogP contribution is -2.49. The van der Waals surface area contributed by atoms with Gasteiger partial charge in [0, 0.05) is 18.8 Å². The van der Waals surface area contributed by atoms with Crippen LogP contribution >= 0.6 is 0 Å². The molecule has 1 aromatic heterocycles. The number of hydrogen-bond acceptors (Lipinski definition) is 5. The molecule has 0 bridgehead atoms. The number of nitrogens with zero attached hydrogens (tertiary/aromatic N) is 2. The van der Waals surface area contributed by atoms with Crippen molar-refractivity contribution in [1.82, 2.24) is 15.2 Å². The summed E-state index contributed by atoms with van der Waals surface area (Å²) in [6.07, 6.45) is 4.35. The quantitative estimate of drug-likeness (QED) is 0.839. The minimum atomic E-state index is -0.509. The predicted octanol–water partition coefficient (Wildman–Crippen LogP) is 2.64. The van der Waals surface area contributed by atoms with E-state index in [4.69, 9.17) is 4.74 Å². The molecule has 1 aliphatic heterocycles. The summed E-state index contributed by atoms with van der Waals surface area (Å²) in [6, 6.07) is 5.50. The van der Waals surface area contributed by atoms with Crippen LogP contribution in [0, 0.1) is 0 Å². The number of pyridine rings is 1. The summed E-state index contributed by atoms with van der Waals surface area (Å²) in [7, 11) is 0. The van der Waals surface area contributed by atoms with E-state index < -0.39 is 11.7 Å². The first-order valence-electron chi connectivity index (χ1n) is 8.50. The van der Waals surface area contributed by atoms with Gasteiger partial charge in [-0.05, 0) is 52.3 Å². The monoisotopic (exact) mass is 333 g/mol. The third kappa shape index (κ3) is 5.92. The number of rotatable bonds is 5. The maximum atomic E-state index is 12.4. The van der Waals surface area contributed by atoms with E-state index in [1.54, 1.807) is 18.3 Å². The van der Waals surface area contributed by atoms with E-state index in [0.717, 1.165) is 25.8 Å². The van der Waals surface area contributed by atoms with Gasteiger partial charge in [-0.15, -0.1) is 0 Å². The lowest BCUT2D eigenvalue weighted by molar-refractivity contribution is 0.0495. The number of carbonyl (C=O) groups excluding carboxylic acids is 2. The average Bonchev–Trinajstić information content (AvgIpc) is 2.53. The fourth-order valence-electron chi connectivity index (χ4n) is 2.81. The molecule has 1 aromatic rings. The Morgan fingerprint density at radius 3 is 2.79 bits per heavy atom. The van der Waals surface area contributed by atoms with E-state index in [2.05, 4.69) is 15.2 Å². The first-order chi connectivity index (χ1) is 11.3. The summed E-state index contributed by atoms with van der Waals surface area (Å²) in [6.45, 7) is 7.20. The van der Waals surface area contributed by atoms with Crippen molar-refractivity contribution in [2.75, 3.05) is 19.6 Å². The highest BCUT2D eigenvalue weighted by molar-refractivity contribution is 5.95. The number of likely N-dealkylation sites (tertiary alicyclic amines) is 1. The molecule has 0 aromatic carbocycles. The Labute approximate surface area is 143 Å². The largest absolute Gasteiger partial charge is 0.444 e. The zero-order chi connectivity index (χ0) is 17.6. The van der Waals surface area contributed by atoms with E-state index in [0.29, 0.717) is 18.8 Å².